The van der Waals surface area contributed by atoms with Gasteiger partial charge < -0.3 is 9.64 Å². The van der Waals surface area contributed by atoms with Crippen molar-refractivity contribution in [3.63, 3.8) is 0 Å². The molecule has 136 valence electrons. The summed E-state index contributed by atoms with van der Waals surface area (Å²) in [6.45, 7) is 5.68. The van der Waals surface area contributed by atoms with Crippen LogP contribution in [0.3, 0.4) is 0 Å². The summed E-state index contributed by atoms with van der Waals surface area (Å²) in [6, 6.07) is 4.07. The number of ether oxygens (including phenoxy) is 1. The molecule has 2 aliphatic rings. The van der Waals surface area contributed by atoms with E-state index in [2.05, 4.69) is 4.98 Å². The van der Waals surface area contributed by atoms with Gasteiger partial charge in [-0.15, -0.1) is 0 Å². The van der Waals surface area contributed by atoms with E-state index in [4.69, 9.17) is 4.74 Å². The van der Waals surface area contributed by atoms with Crippen LogP contribution >= 0.6 is 0 Å². The molecule has 0 aromatic carbocycles. The molecular weight excluding hydrogens is 316 g/mol. The maximum absolute atomic E-state index is 12.7. The van der Waals surface area contributed by atoms with Crippen molar-refractivity contribution >= 4 is 11.9 Å². The third-order valence-corrected chi connectivity index (χ3v) is 5.14. The Morgan fingerprint density at radius 1 is 1.24 bits per heavy atom. The summed E-state index contributed by atoms with van der Waals surface area (Å²) in [5, 5.41) is 0. The maximum Gasteiger partial charge on any atom is 0.410 e. The van der Waals surface area contributed by atoms with Crippen molar-refractivity contribution in [1.82, 2.24) is 9.88 Å². The first-order valence-electron chi connectivity index (χ1n) is 9.26. The van der Waals surface area contributed by atoms with Gasteiger partial charge in [-0.2, -0.15) is 0 Å². The van der Waals surface area contributed by atoms with Crippen LogP contribution in [0.15, 0.2) is 24.5 Å². The van der Waals surface area contributed by atoms with E-state index < -0.39 is 5.60 Å². The lowest BCUT2D eigenvalue weighted by Gasteiger charge is -2.48. The number of hydrogen-bond donors (Lipinski definition) is 0. The van der Waals surface area contributed by atoms with Gasteiger partial charge in [-0.05, 0) is 64.5 Å². The molecule has 1 aromatic heterocycles. The molecule has 5 heteroatoms. The Bertz CT molecular complexity index is 610. The molecule has 25 heavy (non-hydrogen) atoms. The normalized spacial score (nSPS) is 26.2. The summed E-state index contributed by atoms with van der Waals surface area (Å²) in [7, 11) is 0. The number of fused-ring (bicyclic) bond motifs is 2. The maximum atomic E-state index is 12.7. The fourth-order valence-corrected chi connectivity index (χ4v) is 4.11. The summed E-state index contributed by atoms with van der Waals surface area (Å²) in [5.41, 5.74) is 0.477. The van der Waals surface area contributed by atoms with Gasteiger partial charge in [0, 0.05) is 36.8 Å². The Labute approximate surface area is 149 Å². The number of carbonyl (C=O) groups is 2. The second-order valence-electron chi connectivity index (χ2n) is 8.30. The first-order chi connectivity index (χ1) is 11.8. The highest BCUT2D eigenvalue weighted by atomic mass is 16.6. The van der Waals surface area contributed by atoms with Crippen LogP contribution < -0.4 is 0 Å². The Morgan fingerprint density at radius 3 is 2.48 bits per heavy atom. The van der Waals surface area contributed by atoms with Crippen LogP contribution in [0.2, 0.25) is 0 Å². The molecule has 3 heterocycles. The zero-order chi connectivity index (χ0) is 18.0. The molecule has 0 saturated carbocycles. The average molecular weight is 344 g/mol. The molecule has 0 radical (unpaired) electrons. The summed E-state index contributed by atoms with van der Waals surface area (Å²) >= 11 is 0. The molecule has 2 unspecified atom stereocenters. The third kappa shape index (κ3) is 4.39. The Balaban J connectivity index is 1.66. The zero-order valence-corrected chi connectivity index (χ0v) is 15.4. The lowest BCUT2D eigenvalue weighted by Crippen LogP contribution is -2.56. The highest BCUT2D eigenvalue weighted by Crippen LogP contribution is 2.38. The standard InChI is InChI=1S/C20H28N2O3/c1-20(2,3)25-19(24)22-16-7-4-8-17(22)12-15(11-16)18(23)10-14-6-5-9-21-13-14/h5-6,9,13,15-17H,4,7-8,10-12H2,1-3H3. The summed E-state index contributed by atoms with van der Waals surface area (Å²) < 4.78 is 5.60. The summed E-state index contributed by atoms with van der Waals surface area (Å²) in [4.78, 5) is 31.4. The van der Waals surface area contributed by atoms with E-state index in [1.807, 2.05) is 37.8 Å². The second kappa shape index (κ2) is 7.14. The molecule has 2 fully saturated rings. The van der Waals surface area contributed by atoms with Crippen LogP contribution in [0.5, 0.6) is 0 Å². The predicted octanol–water partition coefficient (Wildman–Crippen LogP) is 3.76. The first kappa shape index (κ1) is 17.9. The SMILES string of the molecule is CC(C)(C)OC(=O)N1C2CCCC1CC(C(=O)Cc1cccnc1)C2. The molecule has 2 atom stereocenters. The van der Waals surface area contributed by atoms with E-state index in [-0.39, 0.29) is 29.9 Å². The van der Waals surface area contributed by atoms with Gasteiger partial charge in [-0.1, -0.05) is 6.07 Å². The lowest BCUT2D eigenvalue weighted by molar-refractivity contribution is -0.126. The van der Waals surface area contributed by atoms with E-state index in [1.54, 1.807) is 12.4 Å². The molecule has 1 amide bonds. The number of rotatable bonds is 3. The molecule has 5 nitrogen and oxygen atoms in total. The number of pyridine rings is 1. The number of aromatic nitrogens is 1. The number of ketones is 1. The number of nitrogens with zero attached hydrogens (tertiary/aromatic N) is 2. The van der Waals surface area contributed by atoms with Gasteiger partial charge in [-0.25, -0.2) is 4.79 Å². The molecule has 0 aliphatic carbocycles. The van der Waals surface area contributed by atoms with Crippen LogP contribution in [-0.4, -0.2) is 39.4 Å². The Hall–Kier alpha value is -1.91. The van der Waals surface area contributed by atoms with Crippen LogP contribution in [-0.2, 0) is 16.0 Å². The topological polar surface area (TPSA) is 59.5 Å². The highest BCUT2D eigenvalue weighted by Gasteiger charge is 2.44. The van der Waals surface area contributed by atoms with Crippen LogP contribution in [0.1, 0.15) is 58.4 Å². The monoisotopic (exact) mass is 344 g/mol. The molecule has 2 aliphatic heterocycles. The fourth-order valence-electron chi connectivity index (χ4n) is 4.11. The summed E-state index contributed by atoms with van der Waals surface area (Å²) in [5.74, 6) is 0.308. The first-order valence-corrected chi connectivity index (χ1v) is 9.26. The second-order valence-corrected chi connectivity index (χ2v) is 8.30. The predicted molar refractivity (Wildman–Crippen MR) is 95.2 cm³/mol. The minimum Gasteiger partial charge on any atom is -0.444 e. The molecule has 0 N–H and O–H groups in total. The van der Waals surface area contributed by atoms with E-state index in [9.17, 15) is 9.59 Å². The van der Waals surface area contributed by atoms with Crippen LogP contribution in [0, 0.1) is 5.92 Å². The molecule has 1 aromatic rings. The Morgan fingerprint density at radius 2 is 1.92 bits per heavy atom. The number of hydrogen-bond acceptors (Lipinski definition) is 4. The Kier molecular flexibility index (Phi) is 5.11. The third-order valence-electron chi connectivity index (χ3n) is 5.14. The van der Waals surface area contributed by atoms with Crippen LogP contribution in [0.4, 0.5) is 4.79 Å². The minimum atomic E-state index is -0.488. The number of amides is 1. The molecular formula is C20H28N2O3. The van der Waals surface area contributed by atoms with Gasteiger partial charge >= 0.3 is 6.09 Å². The van der Waals surface area contributed by atoms with Crippen molar-refractivity contribution in [2.75, 3.05) is 0 Å². The number of piperidine rings is 2. The zero-order valence-electron chi connectivity index (χ0n) is 15.4. The van der Waals surface area contributed by atoms with Gasteiger partial charge in [-0.3, -0.25) is 9.78 Å². The molecule has 2 bridgehead atoms. The fraction of sp³-hybridized carbons (Fsp3) is 0.650. The van der Waals surface area contributed by atoms with Crippen molar-refractivity contribution in [2.24, 2.45) is 5.92 Å². The van der Waals surface area contributed by atoms with Crippen molar-refractivity contribution < 1.29 is 14.3 Å². The van der Waals surface area contributed by atoms with Crippen molar-refractivity contribution in [3.05, 3.63) is 30.1 Å². The largest absolute Gasteiger partial charge is 0.444 e. The number of Topliss-reactive ketones (excluding diaryl/α,β-unsaturated/α-hetero) is 1. The van der Waals surface area contributed by atoms with E-state index in [0.717, 1.165) is 37.7 Å². The highest BCUT2D eigenvalue weighted by molar-refractivity contribution is 5.83. The van der Waals surface area contributed by atoms with Gasteiger partial charge in [0.25, 0.3) is 0 Å². The molecule has 3 rings (SSSR count). The van der Waals surface area contributed by atoms with Crippen molar-refractivity contribution in [1.29, 1.82) is 0 Å². The van der Waals surface area contributed by atoms with E-state index >= 15 is 0 Å². The minimum absolute atomic E-state index is 0.0363. The van der Waals surface area contributed by atoms with Gasteiger partial charge in [0.2, 0.25) is 0 Å². The molecule has 2 saturated heterocycles. The van der Waals surface area contributed by atoms with Gasteiger partial charge in [0.1, 0.15) is 11.4 Å². The van der Waals surface area contributed by atoms with E-state index in [1.165, 1.54) is 0 Å². The van der Waals surface area contributed by atoms with E-state index in [0.29, 0.717) is 6.42 Å². The lowest BCUT2D eigenvalue weighted by atomic mass is 9.76. The smallest absolute Gasteiger partial charge is 0.410 e. The van der Waals surface area contributed by atoms with Gasteiger partial charge in [0.15, 0.2) is 0 Å². The quantitative estimate of drug-likeness (QED) is 0.837. The van der Waals surface area contributed by atoms with Gasteiger partial charge in [0.05, 0.1) is 0 Å². The summed E-state index contributed by atoms with van der Waals surface area (Å²) in [6.07, 6.45) is 8.26. The number of carbonyl (C=O) groups excluding carboxylic acids is 2. The average Bonchev–Trinajstić information content (AvgIpc) is 2.52. The van der Waals surface area contributed by atoms with Crippen LogP contribution in [0.25, 0.3) is 0 Å². The van der Waals surface area contributed by atoms with Crippen molar-refractivity contribution in [2.45, 2.75) is 77.0 Å². The van der Waals surface area contributed by atoms with Crippen molar-refractivity contribution in [3.8, 4) is 0 Å². The molecule has 0 spiro atoms.